The summed E-state index contributed by atoms with van der Waals surface area (Å²) in [5, 5.41) is 0.101. The third-order valence-corrected chi connectivity index (χ3v) is 2.22. The molecule has 1 aromatic carbocycles. The maximum Gasteiger partial charge on any atom is 0.141 e. The van der Waals surface area contributed by atoms with E-state index in [2.05, 4.69) is 5.43 Å². The minimum absolute atomic E-state index is 0.101. The highest BCUT2D eigenvalue weighted by Crippen LogP contribution is 2.21. The first-order valence-electron chi connectivity index (χ1n) is 4.13. The van der Waals surface area contributed by atoms with Crippen molar-refractivity contribution in [3.8, 4) is 0 Å². The van der Waals surface area contributed by atoms with Crippen LogP contribution in [0.3, 0.4) is 0 Å². The second-order valence-corrected chi connectivity index (χ2v) is 3.61. The monoisotopic (exact) mass is 217 g/mol. The van der Waals surface area contributed by atoms with E-state index in [1.165, 1.54) is 6.07 Å². The zero-order valence-corrected chi connectivity index (χ0v) is 8.85. The Morgan fingerprint density at radius 2 is 2.14 bits per heavy atom. The summed E-state index contributed by atoms with van der Waals surface area (Å²) in [7, 11) is 3.73. The van der Waals surface area contributed by atoms with Crippen LogP contribution in [-0.4, -0.2) is 19.0 Å². The summed E-state index contributed by atoms with van der Waals surface area (Å²) in [6.07, 6.45) is -0.173. The SMILES string of the molecule is CN(C)C(NN)c1ccc(F)c(Cl)c1. The van der Waals surface area contributed by atoms with Crippen LogP contribution in [-0.2, 0) is 0 Å². The molecule has 1 rings (SSSR count). The third-order valence-electron chi connectivity index (χ3n) is 1.93. The van der Waals surface area contributed by atoms with Crippen molar-refractivity contribution in [2.24, 2.45) is 5.84 Å². The fraction of sp³-hybridized carbons (Fsp3) is 0.333. The molecule has 0 amide bonds. The van der Waals surface area contributed by atoms with Gasteiger partial charge in [-0.1, -0.05) is 17.7 Å². The van der Waals surface area contributed by atoms with E-state index in [1.807, 2.05) is 19.0 Å². The third kappa shape index (κ3) is 2.42. The molecule has 0 bridgehead atoms. The zero-order valence-electron chi connectivity index (χ0n) is 8.09. The van der Waals surface area contributed by atoms with Crippen LogP contribution in [0.4, 0.5) is 4.39 Å². The number of hydrazine groups is 1. The number of rotatable bonds is 3. The number of nitrogens with zero attached hydrogens (tertiary/aromatic N) is 1. The molecule has 14 heavy (non-hydrogen) atoms. The number of hydrogen-bond acceptors (Lipinski definition) is 3. The molecule has 0 spiro atoms. The molecule has 78 valence electrons. The Hall–Kier alpha value is -0.680. The number of nitrogens with one attached hydrogen (secondary N) is 1. The average Bonchev–Trinajstić information content (AvgIpc) is 2.11. The normalized spacial score (nSPS) is 13.3. The summed E-state index contributed by atoms with van der Waals surface area (Å²) in [6.45, 7) is 0. The van der Waals surface area contributed by atoms with Gasteiger partial charge in [-0.3, -0.25) is 10.7 Å². The van der Waals surface area contributed by atoms with Crippen molar-refractivity contribution < 1.29 is 4.39 Å². The van der Waals surface area contributed by atoms with Gasteiger partial charge in [-0.2, -0.15) is 0 Å². The maximum atomic E-state index is 12.9. The van der Waals surface area contributed by atoms with Crippen LogP contribution in [0.15, 0.2) is 18.2 Å². The molecule has 0 aliphatic heterocycles. The smallest absolute Gasteiger partial charge is 0.141 e. The van der Waals surface area contributed by atoms with Crippen LogP contribution in [0, 0.1) is 5.82 Å². The van der Waals surface area contributed by atoms with Crippen molar-refractivity contribution >= 4 is 11.6 Å². The summed E-state index contributed by atoms with van der Waals surface area (Å²) < 4.78 is 12.9. The topological polar surface area (TPSA) is 41.3 Å². The first-order chi connectivity index (χ1) is 6.56. The van der Waals surface area contributed by atoms with E-state index in [0.29, 0.717) is 0 Å². The maximum absolute atomic E-state index is 12.9. The van der Waals surface area contributed by atoms with E-state index >= 15 is 0 Å². The van der Waals surface area contributed by atoms with E-state index in [0.717, 1.165) is 5.56 Å². The van der Waals surface area contributed by atoms with Gasteiger partial charge in [-0.25, -0.2) is 9.82 Å². The van der Waals surface area contributed by atoms with Crippen molar-refractivity contribution in [3.05, 3.63) is 34.6 Å². The van der Waals surface area contributed by atoms with Crippen molar-refractivity contribution in [1.82, 2.24) is 10.3 Å². The van der Waals surface area contributed by atoms with Crippen LogP contribution in [0.5, 0.6) is 0 Å². The zero-order chi connectivity index (χ0) is 10.7. The highest BCUT2D eigenvalue weighted by molar-refractivity contribution is 6.30. The Kier molecular flexibility index (Phi) is 3.83. The van der Waals surface area contributed by atoms with Crippen LogP contribution < -0.4 is 11.3 Å². The highest BCUT2D eigenvalue weighted by atomic mass is 35.5. The lowest BCUT2D eigenvalue weighted by Gasteiger charge is -2.23. The van der Waals surface area contributed by atoms with Crippen LogP contribution in [0.1, 0.15) is 11.7 Å². The standard InChI is InChI=1S/C9H13ClFN3/c1-14(2)9(13-12)6-3-4-8(11)7(10)5-6/h3-5,9,13H,12H2,1-2H3. The number of hydrogen-bond donors (Lipinski definition) is 2. The lowest BCUT2D eigenvalue weighted by atomic mass is 10.1. The molecule has 0 saturated heterocycles. The Bertz CT molecular complexity index is 317. The predicted molar refractivity (Wildman–Crippen MR) is 55.2 cm³/mol. The van der Waals surface area contributed by atoms with Crippen LogP contribution in [0.2, 0.25) is 5.02 Å². The van der Waals surface area contributed by atoms with Crippen molar-refractivity contribution in [2.75, 3.05) is 14.1 Å². The lowest BCUT2D eigenvalue weighted by Crippen LogP contribution is -2.37. The molecule has 1 aromatic rings. The number of nitrogens with two attached hydrogens (primary N) is 1. The van der Waals surface area contributed by atoms with Gasteiger partial charge in [0.2, 0.25) is 0 Å². The Morgan fingerprint density at radius 3 is 2.57 bits per heavy atom. The van der Waals surface area contributed by atoms with Crippen molar-refractivity contribution in [3.63, 3.8) is 0 Å². The molecular formula is C9H13ClFN3. The van der Waals surface area contributed by atoms with Gasteiger partial charge >= 0.3 is 0 Å². The van der Waals surface area contributed by atoms with Gasteiger partial charge in [0, 0.05) is 0 Å². The van der Waals surface area contributed by atoms with E-state index in [1.54, 1.807) is 12.1 Å². The highest BCUT2D eigenvalue weighted by Gasteiger charge is 2.13. The lowest BCUT2D eigenvalue weighted by molar-refractivity contribution is 0.253. The van der Waals surface area contributed by atoms with Gasteiger partial charge < -0.3 is 0 Å². The summed E-state index contributed by atoms with van der Waals surface area (Å²) in [5.41, 5.74) is 3.43. The summed E-state index contributed by atoms with van der Waals surface area (Å²) in [6, 6.07) is 4.53. The minimum atomic E-state index is -0.426. The molecule has 0 radical (unpaired) electrons. The molecule has 1 unspecified atom stereocenters. The fourth-order valence-corrected chi connectivity index (χ4v) is 1.41. The molecule has 0 aromatic heterocycles. The quantitative estimate of drug-likeness (QED) is 0.458. The Labute approximate surface area is 87.6 Å². The predicted octanol–water partition coefficient (Wildman–Crippen LogP) is 1.50. The summed E-state index contributed by atoms with van der Waals surface area (Å²) in [5.74, 6) is 4.94. The van der Waals surface area contributed by atoms with Crippen molar-refractivity contribution in [1.29, 1.82) is 0 Å². The van der Waals surface area contributed by atoms with E-state index in [-0.39, 0.29) is 11.2 Å². The van der Waals surface area contributed by atoms with E-state index in [9.17, 15) is 4.39 Å². The van der Waals surface area contributed by atoms with E-state index < -0.39 is 5.82 Å². The number of halogens is 2. The first kappa shape index (κ1) is 11.4. The number of benzene rings is 1. The summed E-state index contributed by atoms with van der Waals surface area (Å²) >= 11 is 5.66. The second kappa shape index (κ2) is 4.70. The minimum Gasteiger partial charge on any atom is -0.289 e. The van der Waals surface area contributed by atoms with Crippen molar-refractivity contribution in [2.45, 2.75) is 6.17 Å². The van der Waals surface area contributed by atoms with Gasteiger partial charge in [0.05, 0.1) is 11.2 Å². The molecule has 1 atom stereocenters. The van der Waals surface area contributed by atoms with Gasteiger partial charge in [0.1, 0.15) is 5.82 Å². The molecule has 0 saturated carbocycles. The average molecular weight is 218 g/mol. The molecule has 5 heteroatoms. The van der Waals surface area contributed by atoms with Gasteiger partial charge in [0.25, 0.3) is 0 Å². The molecule has 0 heterocycles. The molecule has 0 fully saturated rings. The first-order valence-corrected chi connectivity index (χ1v) is 4.51. The van der Waals surface area contributed by atoms with E-state index in [4.69, 9.17) is 17.4 Å². The molecule has 3 N–H and O–H groups in total. The molecule has 0 aliphatic rings. The van der Waals surface area contributed by atoms with Crippen LogP contribution in [0.25, 0.3) is 0 Å². The molecule has 0 aliphatic carbocycles. The van der Waals surface area contributed by atoms with Gasteiger partial charge in [-0.05, 0) is 31.8 Å². The largest absolute Gasteiger partial charge is 0.289 e. The van der Waals surface area contributed by atoms with Gasteiger partial charge in [0.15, 0.2) is 0 Å². The Balaban J connectivity index is 3.00. The molecule has 3 nitrogen and oxygen atoms in total. The fourth-order valence-electron chi connectivity index (χ4n) is 1.23. The molecular weight excluding hydrogens is 205 g/mol. The summed E-state index contributed by atoms with van der Waals surface area (Å²) in [4.78, 5) is 1.86. The Morgan fingerprint density at radius 1 is 1.50 bits per heavy atom. The van der Waals surface area contributed by atoms with Gasteiger partial charge in [-0.15, -0.1) is 0 Å². The van der Waals surface area contributed by atoms with Crippen LogP contribution >= 0.6 is 11.6 Å². The second-order valence-electron chi connectivity index (χ2n) is 3.21.